The van der Waals surface area contributed by atoms with Gasteiger partial charge in [-0.2, -0.15) is 13.2 Å². The Hall–Kier alpha value is -2.69. The quantitative estimate of drug-likeness (QED) is 0.662. The van der Waals surface area contributed by atoms with Crippen molar-refractivity contribution in [3.63, 3.8) is 0 Å². The second kappa shape index (κ2) is 9.52. The van der Waals surface area contributed by atoms with Gasteiger partial charge in [-0.15, -0.1) is 0 Å². The molecule has 3 aliphatic rings. The van der Waals surface area contributed by atoms with Gasteiger partial charge in [-0.05, 0) is 32.1 Å². The molecule has 2 aromatic heterocycles. The summed E-state index contributed by atoms with van der Waals surface area (Å²) in [4.78, 5) is 26.5. The van der Waals surface area contributed by atoms with Gasteiger partial charge in [0.25, 0.3) is 0 Å². The van der Waals surface area contributed by atoms with Crippen molar-refractivity contribution in [3.05, 3.63) is 29.6 Å². The zero-order valence-corrected chi connectivity index (χ0v) is 19.1. The lowest BCUT2D eigenvalue weighted by Crippen LogP contribution is -2.36. The molecule has 2 N–H and O–H groups in total. The molecule has 184 valence electrons. The van der Waals surface area contributed by atoms with Crippen molar-refractivity contribution >= 4 is 17.5 Å². The third-order valence-electron chi connectivity index (χ3n) is 7.18. The number of anilines is 2. The number of rotatable bonds is 6. The molecule has 34 heavy (non-hydrogen) atoms. The fraction of sp³-hybridized carbons (Fsp3) is 0.652. The zero-order chi connectivity index (χ0) is 23.7. The molecule has 0 spiro atoms. The lowest BCUT2D eigenvalue weighted by atomic mass is 9.95. The number of alkyl halides is 3. The van der Waals surface area contributed by atoms with Gasteiger partial charge in [0.2, 0.25) is 5.91 Å². The summed E-state index contributed by atoms with van der Waals surface area (Å²) in [5.41, 5.74) is 0.116. The Labute approximate surface area is 196 Å². The lowest BCUT2D eigenvalue weighted by molar-refractivity contribution is -0.141. The molecule has 1 aliphatic carbocycles. The largest absolute Gasteiger partial charge is 0.434 e. The van der Waals surface area contributed by atoms with Crippen molar-refractivity contribution in [1.82, 2.24) is 24.8 Å². The fourth-order valence-electron chi connectivity index (χ4n) is 5.39. The fourth-order valence-corrected chi connectivity index (χ4v) is 5.39. The summed E-state index contributed by atoms with van der Waals surface area (Å²) < 4.78 is 42.0. The van der Waals surface area contributed by atoms with Gasteiger partial charge < -0.3 is 20.1 Å². The summed E-state index contributed by atoms with van der Waals surface area (Å²) >= 11 is 0. The maximum absolute atomic E-state index is 13.4. The smallest absolute Gasteiger partial charge is 0.356 e. The van der Waals surface area contributed by atoms with E-state index in [2.05, 4.69) is 30.5 Å². The van der Waals surface area contributed by atoms with E-state index in [4.69, 9.17) is 0 Å². The van der Waals surface area contributed by atoms with Gasteiger partial charge in [0.15, 0.2) is 5.69 Å². The molecule has 1 saturated heterocycles. The van der Waals surface area contributed by atoms with Crippen LogP contribution < -0.4 is 15.5 Å². The normalized spacial score (nSPS) is 20.0. The Kier molecular flexibility index (Phi) is 6.46. The predicted molar refractivity (Wildman–Crippen MR) is 121 cm³/mol. The van der Waals surface area contributed by atoms with Crippen LogP contribution in [-0.4, -0.2) is 51.1 Å². The van der Waals surface area contributed by atoms with Crippen LogP contribution in [0, 0.1) is 0 Å². The third kappa shape index (κ3) is 4.89. The van der Waals surface area contributed by atoms with E-state index in [9.17, 15) is 18.0 Å². The second-order valence-corrected chi connectivity index (χ2v) is 9.44. The van der Waals surface area contributed by atoms with Crippen LogP contribution in [0.4, 0.5) is 24.8 Å². The van der Waals surface area contributed by atoms with Crippen molar-refractivity contribution in [2.45, 2.75) is 76.0 Å². The number of imidazole rings is 1. The van der Waals surface area contributed by atoms with Crippen LogP contribution in [0.2, 0.25) is 0 Å². The highest BCUT2D eigenvalue weighted by Gasteiger charge is 2.37. The summed E-state index contributed by atoms with van der Waals surface area (Å²) in [6.07, 6.45) is 5.24. The standard InChI is InChI=1S/C23H30F3N7O/c24-23(25,26)18-13-33(12-9-27-16-3-1-2-4-16)21(30-18)15-7-10-32(11-8-15)22-17-5-6-19(34)31-20(17)28-14-29-22/h13-16,27H,1-12H2,(H,28,29,31,34). The highest BCUT2D eigenvalue weighted by molar-refractivity contribution is 5.93. The van der Waals surface area contributed by atoms with Crippen LogP contribution in [0.3, 0.4) is 0 Å². The number of carbonyl (C=O) groups is 1. The van der Waals surface area contributed by atoms with Crippen LogP contribution in [0.25, 0.3) is 0 Å². The first-order chi connectivity index (χ1) is 16.4. The molecular weight excluding hydrogens is 447 g/mol. The van der Waals surface area contributed by atoms with Crippen molar-refractivity contribution in [2.24, 2.45) is 0 Å². The second-order valence-electron chi connectivity index (χ2n) is 9.44. The van der Waals surface area contributed by atoms with Crippen molar-refractivity contribution in [2.75, 3.05) is 29.9 Å². The Bertz CT molecular complexity index is 1020. The van der Waals surface area contributed by atoms with E-state index in [1.165, 1.54) is 25.4 Å². The van der Waals surface area contributed by atoms with Gasteiger partial charge in [-0.25, -0.2) is 15.0 Å². The van der Waals surface area contributed by atoms with E-state index < -0.39 is 11.9 Å². The first-order valence-corrected chi connectivity index (χ1v) is 12.1. The average Bonchev–Trinajstić information content (AvgIpc) is 3.49. The van der Waals surface area contributed by atoms with E-state index in [1.54, 1.807) is 4.57 Å². The Morgan fingerprint density at radius 3 is 2.59 bits per heavy atom. The number of amides is 1. The molecular formula is C23H30F3N7O. The molecule has 4 heterocycles. The van der Waals surface area contributed by atoms with E-state index in [0.717, 1.165) is 24.2 Å². The van der Waals surface area contributed by atoms with Crippen LogP contribution in [0.1, 0.15) is 67.9 Å². The van der Waals surface area contributed by atoms with Crippen LogP contribution in [0.15, 0.2) is 12.5 Å². The van der Waals surface area contributed by atoms with E-state index in [-0.39, 0.29) is 11.8 Å². The van der Waals surface area contributed by atoms with Crippen LogP contribution in [0.5, 0.6) is 0 Å². The zero-order valence-electron chi connectivity index (χ0n) is 19.1. The summed E-state index contributed by atoms with van der Waals surface area (Å²) in [5, 5.41) is 6.28. The maximum Gasteiger partial charge on any atom is 0.434 e. The Balaban J connectivity index is 1.28. The number of carbonyl (C=O) groups excluding carboxylic acids is 1. The van der Waals surface area contributed by atoms with E-state index in [0.29, 0.717) is 69.5 Å². The van der Waals surface area contributed by atoms with Gasteiger partial charge in [-0.1, -0.05) is 12.8 Å². The van der Waals surface area contributed by atoms with E-state index >= 15 is 0 Å². The molecule has 0 unspecified atom stereocenters. The Morgan fingerprint density at radius 1 is 1.09 bits per heavy atom. The minimum atomic E-state index is -4.45. The number of nitrogens with zero attached hydrogens (tertiary/aromatic N) is 5. The minimum Gasteiger partial charge on any atom is -0.356 e. The molecule has 11 heteroatoms. The van der Waals surface area contributed by atoms with Gasteiger partial charge in [0.05, 0.1) is 0 Å². The highest BCUT2D eigenvalue weighted by atomic mass is 19.4. The average molecular weight is 478 g/mol. The maximum atomic E-state index is 13.4. The molecule has 1 amide bonds. The lowest BCUT2D eigenvalue weighted by Gasteiger charge is -2.34. The number of aromatic nitrogens is 4. The SMILES string of the molecule is O=C1CCc2c(ncnc2N2CCC(c3nc(C(F)(F)F)cn3CCNC3CCCC3)CC2)N1. The monoisotopic (exact) mass is 477 g/mol. The summed E-state index contributed by atoms with van der Waals surface area (Å²) in [5.74, 6) is 1.80. The molecule has 2 fully saturated rings. The number of halogens is 3. The van der Waals surface area contributed by atoms with Crippen LogP contribution >= 0.6 is 0 Å². The number of hydrogen-bond donors (Lipinski definition) is 2. The first kappa shape index (κ1) is 23.1. The molecule has 1 saturated carbocycles. The molecule has 0 bridgehead atoms. The van der Waals surface area contributed by atoms with E-state index in [1.807, 2.05) is 0 Å². The minimum absolute atomic E-state index is 0.0452. The molecule has 0 radical (unpaired) electrons. The topological polar surface area (TPSA) is 88.0 Å². The Morgan fingerprint density at radius 2 is 1.85 bits per heavy atom. The number of nitrogens with one attached hydrogen (secondary N) is 2. The van der Waals surface area contributed by atoms with Gasteiger partial charge >= 0.3 is 6.18 Å². The first-order valence-electron chi connectivity index (χ1n) is 12.1. The molecule has 0 aromatic carbocycles. The predicted octanol–water partition coefficient (Wildman–Crippen LogP) is 3.49. The van der Waals surface area contributed by atoms with Crippen LogP contribution in [-0.2, 0) is 23.9 Å². The number of piperidine rings is 1. The molecule has 8 nitrogen and oxygen atoms in total. The molecule has 2 aromatic rings. The summed E-state index contributed by atoms with van der Waals surface area (Å²) in [7, 11) is 0. The molecule has 2 aliphatic heterocycles. The van der Waals surface area contributed by atoms with Crippen molar-refractivity contribution < 1.29 is 18.0 Å². The molecule has 5 rings (SSSR count). The third-order valence-corrected chi connectivity index (χ3v) is 7.18. The van der Waals surface area contributed by atoms with Crippen molar-refractivity contribution in [1.29, 1.82) is 0 Å². The number of hydrogen-bond acceptors (Lipinski definition) is 6. The van der Waals surface area contributed by atoms with Gasteiger partial charge in [0, 0.05) is 56.3 Å². The summed E-state index contributed by atoms with van der Waals surface area (Å²) in [6.45, 7) is 2.45. The molecule has 0 atom stereocenters. The highest BCUT2D eigenvalue weighted by Crippen LogP contribution is 2.36. The number of fused-ring (bicyclic) bond motifs is 1. The van der Waals surface area contributed by atoms with Gasteiger partial charge in [0.1, 0.15) is 23.8 Å². The van der Waals surface area contributed by atoms with Gasteiger partial charge in [-0.3, -0.25) is 4.79 Å². The summed E-state index contributed by atoms with van der Waals surface area (Å²) in [6, 6.07) is 0.473. The van der Waals surface area contributed by atoms with Crippen molar-refractivity contribution in [3.8, 4) is 0 Å².